The maximum atomic E-state index is 13.0. The van der Waals surface area contributed by atoms with Gasteiger partial charge in [0, 0.05) is 5.56 Å². The first-order valence-corrected chi connectivity index (χ1v) is 4.26. The number of aliphatic carboxylic acids is 1. The molecule has 0 fully saturated rings. The number of methoxy groups -OCH3 is 1. The molecule has 3 N–H and O–H groups in total. The van der Waals surface area contributed by atoms with Gasteiger partial charge < -0.3 is 15.6 Å². The van der Waals surface area contributed by atoms with Gasteiger partial charge in [-0.15, -0.1) is 0 Å². The topological polar surface area (TPSA) is 72.5 Å². The van der Waals surface area contributed by atoms with E-state index < -0.39 is 17.3 Å². The minimum Gasteiger partial charge on any atom is -0.496 e. The lowest BCUT2D eigenvalue weighted by Crippen LogP contribution is -2.42. The minimum atomic E-state index is -1.67. The monoisotopic (exact) mass is 213 g/mol. The van der Waals surface area contributed by atoms with Gasteiger partial charge in [0.25, 0.3) is 0 Å². The van der Waals surface area contributed by atoms with Crippen molar-refractivity contribution in [3.63, 3.8) is 0 Å². The summed E-state index contributed by atoms with van der Waals surface area (Å²) in [4.78, 5) is 10.9. The third-order valence-corrected chi connectivity index (χ3v) is 2.17. The van der Waals surface area contributed by atoms with E-state index >= 15 is 0 Å². The third kappa shape index (κ3) is 2.07. The summed E-state index contributed by atoms with van der Waals surface area (Å²) in [6, 6.07) is 3.59. The number of rotatable bonds is 3. The maximum Gasteiger partial charge on any atom is 0.328 e. The fourth-order valence-electron chi connectivity index (χ4n) is 1.20. The first-order valence-electron chi connectivity index (χ1n) is 4.26. The second-order valence-electron chi connectivity index (χ2n) is 3.35. The number of nitrogens with two attached hydrogens (primary N) is 1. The summed E-state index contributed by atoms with van der Waals surface area (Å²) in [6.45, 7) is 1.28. The summed E-state index contributed by atoms with van der Waals surface area (Å²) in [5.74, 6) is -1.54. The highest BCUT2D eigenvalue weighted by molar-refractivity contribution is 5.81. The number of hydrogen-bond acceptors (Lipinski definition) is 3. The Hall–Kier alpha value is -1.62. The Morgan fingerprint density at radius 1 is 1.60 bits per heavy atom. The molecule has 1 aromatic rings. The molecule has 0 aliphatic rings. The van der Waals surface area contributed by atoms with Crippen molar-refractivity contribution in [3.8, 4) is 5.75 Å². The van der Waals surface area contributed by atoms with Crippen LogP contribution in [0.5, 0.6) is 5.75 Å². The average molecular weight is 213 g/mol. The number of benzene rings is 1. The van der Waals surface area contributed by atoms with E-state index in [0.717, 1.165) is 6.07 Å². The van der Waals surface area contributed by atoms with Crippen LogP contribution in [0.15, 0.2) is 18.2 Å². The van der Waals surface area contributed by atoms with Crippen molar-refractivity contribution < 1.29 is 19.0 Å². The van der Waals surface area contributed by atoms with Gasteiger partial charge in [-0.1, -0.05) is 0 Å². The Bertz CT molecular complexity index is 390. The van der Waals surface area contributed by atoms with Gasteiger partial charge in [-0.2, -0.15) is 0 Å². The quantitative estimate of drug-likeness (QED) is 0.788. The second kappa shape index (κ2) is 3.86. The third-order valence-electron chi connectivity index (χ3n) is 2.17. The molecule has 1 aromatic carbocycles. The molecular formula is C10H12FNO3. The number of halogens is 1. The molecular weight excluding hydrogens is 201 g/mol. The van der Waals surface area contributed by atoms with E-state index in [1.807, 2.05) is 0 Å². The van der Waals surface area contributed by atoms with Crippen molar-refractivity contribution in [2.45, 2.75) is 12.5 Å². The van der Waals surface area contributed by atoms with Crippen LogP contribution < -0.4 is 10.5 Å². The van der Waals surface area contributed by atoms with Gasteiger partial charge in [-0.25, -0.2) is 9.18 Å². The van der Waals surface area contributed by atoms with Crippen LogP contribution in [0.1, 0.15) is 12.5 Å². The average Bonchev–Trinajstić information content (AvgIpc) is 2.17. The molecule has 15 heavy (non-hydrogen) atoms. The van der Waals surface area contributed by atoms with Gasteiger partial charge in [0.15, 0.2) is 0 Å². The van der Waals surface area contributed by atoms with Crippen LogP contribution in [0.3, 0.4) is 0 Å². The molecule has 0 heterocycles. The molecule has 0 spiro atoms. The molecule has 0 aliphatic heterocycles. The molecule has 0 aromatic heterocycles. The maximum absolute atomic E-state index is 13.0. The van der Waals surface area contributed by atoms with Crippen LogP contribution >= 0.6 is 0 Å². The lowest BCUT2D eigenvalue weighted by Gasteiger charge is -2.22. The van der Waals surface area contributed by atoms with Crippen LogP contribution in [0, 0.1) is 5.82 Å². The zero-order valence-corrected chi connectivity index (χ0v) is 8.45. The van der Waals surface area contributed by atoms with Crippen molar-refractivity contribution in [3.05, 3.63) is 29.6 Å². The number of carbonyl (C=O) groups is 1. The molecule has 1 rings (SSSR count). The van der Waals surface area contributed by atoms with E-state index in [0.29, 0.717) is 0 Å². The number of hydrogen-bond donors (Lipinski definition) is 2. The van der Waals surface area contributed by atoms with Crippen molar-refractivity contribution in [2.24, 2.45) is 5.73 Å². The van der Waals surface area contributed by atoms with Crippen LogP contribution in [0.2, 0.25) is 0 Å². The predicted molar refractivity (Wildman–Crippen MR) is 52.1 cm³/mol. The molecule has 0 radical (unpaired) electrons. The normalized spacial score (nSPS) is 14.4. The molecule has 5 heteroatoms. The number of ether oxygens (including phenoxy) is 1. The summed E-state index contributed by atoms with van der Waals surface area (Å²) in [7, 11) is 1.37. The highest BCUT2D eigenvalue weighted by Gasteiger charge is 2.33. The first-order chi connectivity index (χ1) is 6.89. The van der Waals surface area contributed by atoms with E-state index in [2.05, 4.69) is 0 Å². The molecule has 0 amide bonds. The van der Waals surface area contributed by atoms with Gasteiger partial charge in [0.05, 0.1) is 7.11 Å². The minimum absolute atomic E-state index is 0.109. The van der Waals surface area contributed by atoms with Crippen LogP contribution in [0.25, 0.3) is 0 Å². The first kappa shape index (κ1) is 11.5. The second-order valence-corrected chi connectivity index (χ2v) is 3.35. The molecule has 0 aliphatic carbocycles. The van der Waals surface area contributed by atoms with E-state index in [1.165, 1.54) is 26.2 Å². The van der Waals surface area contributed by atoms with Crippen molar-refractivity contribution in [1.82, 2.24) is 0 Å². The summed E-state index contributed by atoms with van der Waals surface area (Å²) in [5, 5.41) is 8.90. The number of carboxylic acids is 1. The zero-order valence-electron chi connectivity index (χ0n) is 8.45. The van der Waals surface area contributed by atoms with E-state index in [-0.39, 0.29) is 11.3 Å². The Labute approximate surface area is 86.5 Å². The predicted octanol–water partition coefficient (Wildman–Crippen LogP) is 1.09. The van der Waals surface area contributed by atoms with Gasteiger partial charge in [0.2, 0.25) is 0 Å². The van der Waals surface area contributed by atoms with Gasteiger partial charge in [-0.05, 0) is 25.1 Å². The van der Waals surface area contributed by atoms with Crippen LogP contribution in [-0.2, 0) is 10.3 Å². The largest absolute Gasteiger partial charge is 0.496 e. The zero-order chi connectivity index (χ0) is 11.6. The Morgan fingerprint density at radius 3 is 2.67 bits per heavy atom. The molecule has 4 nitrogen and oxygen atoms in total. The van der Waals surface area contributed by atoms with E-state index in [1.54, 1.807) is 0 Å². The molecule has 1 unspecified atom stereocenters. The van der Waals surface area contributed by atoms with Crippen LogP contribution in [-0.4, -0.2) is 18.2 Å². The van der Waals surface area contributed by atoms with Crippen molar-refractivity contribution >= 4 is 5.97 Å². The number of carboxylic acid groups (broad SMARTS) is 1. The highest BCUT2D eigenvalue weighted by Crippen LogP contribution is 2.28. The smallest absolute Gasteiger partial charge is 0.328 e. The summed E-state index contributed by atoms with van der Waals surface area (Å²) >= 11 is 0. The summed E-state index contributed by atoms with van der Waals surface area (Å²) in [6.07, 6.45) is 0. The fraction of sp³-hybridized carbons (Fsp3) is 0.300. The molecule has 0 saturated carbocycles. The fourth-order valence-corrected chi connectivity index (χ4v) is 1.20. The van der Waals surface area contributed by atoms with E-state index in [9.17, 15) is 9.18 Å². The molecule has 1 atom stereocenters. The molecule has 82 valence electrons. The van der Waals surface area contributed by atoms with Gasteiger partial charge in [0.1, 0.15) is 17.1 Å². The Kier molecular flexibility index (Phi) is 2.95. The van der Waals surface area contributed by atoms with Crippen molar-refractivity contribution in [2.75, 3.05) is 7.11 Å². The van der Waals surface area contributed by atoms with Crippen molar-refractivity contribution in [1.29, 1.82) is 0 Å². The summed E-state index contributed by atoms with van der Waals surface area (Å²) < 4.78 is 17.9. The highest BCUT2D eigenvalue weighted by atomic mass is 19.1. The van der Waals surface area contributed by atoms with Gasteiger partial charge in [-0.3, -0.25) is 0 Å². The Morgan fingerprint density at radius 2 is 2.20 bits per heavy atom. The standard InChI is InChI=1S/C10H12FNO3/c1-10(12,9(13)14)7-5-6(11)3-4-8(7)15-2/h3-5H,12H2,1-2H3,(H,13,14). The lowest BCUT2D eigenvalue weighted by atomic mass is 9.92. The molecule has 0 saturated heterocycles. The van der Waals surface area contributed by atoms with Gasteiger partial charge >= 0.3 is 5.97 Å². The molecule has 0 bridgehead atoms. The van der Waals surface area contributed by atoms with Crippen LogP contribution in [0.4, 0.5) is 4.39 Å². The van der Waals surface area contributed by atoms with E-state index in [4.69, 9.17) is 15.6 Å². The SMILES string of the molecule is COc1ccc(F)cc1C(C)(N)C(=O)O. The lowest BCUT2D eigenvalue weighted by molar-refractivity contribution is -0.143. The summed E-state index contributed by atoms with van der Waals surface area (Å²) in [5.41, 5.74) is 4.02. The Balaban J connectivity index is 3.34.